The molecule has 0 saturated carbocycles. The highest BCUT2D eigenvalue weighted by Gasteiger charge is 2.36. The van der Waals surface area contributed by atoms with Gasteiger partial charge in [-0.25, -0.2) is 9.69 Å². The van der Waals surface area contributed by atoms with Gasteiger partial charge in [-0.15, -0.1) is 0 Å². The van der Waals surface area contributed by atoms with Crippen molar-refractivity contribution in [1.82, 2.24) is 14.8 Å². The molecule has 0 N–H and O–H groups in total. The number of benzene rings is 3. The van der Waals surface area contributed by atoms with E-state index in [0.717, 1.165) is 39.5 Å². The first-order valence-electron chi connectivity index (χ1n) is 12.5. The summed E-state index contributed by atoms with van der Waals surface area (Å²) < 4.78 is 7.11. The first-order chi connectivity index (χ1) is 18.5. The van der Waals surface area contributed by atoms with E-state index in [1.165, 1.54) is 5.01 Å². The number of hydrogen-bond acceptors (Lipinski definition) is 6. The van der Waals surface area contributed by atoms with E-state index in [0.29, 0.717) is 6.42 Å². The van der Waals surface area contributed by atoms with Crippen molar-refractivity contribution in [1.29, 1.82) is 0 Å². The minimum absolute atomic E-state index is 0.0529. The van der Waals surface area contributed by atoms with Gasteiger partial charge in [0.2, 0.25) is 5.91 Å². The van der Waals surface area contributed by atoms with Gasteiger partial charge in [0.05, 0.1) is 30.2 Å². The van der Waals surface area contributed by atoms with Gasteiger partial charge in [0, 0.05) is 36.1 Å². The third-order valence-corrected chi connectivity index (χ3v) is 6.53. The standard InChI is InChI=1S/C30H28N4O4/c1-38-24-17-15-21(16-18-24)26-19-27(34(31-26)28(35)13-8-14-29(36)37)25-20-33(23-11-6-3-7-12-23)32-30(25)22-9-4-2-5-10-22/h2-7,9-12,15-18,20,27H,8,13-14,19H2,1H3,(H,36,37)/p-1/t27-/m1/s1. The summed E-state index contributed by atoms with van der Waals surface area (Å²) in [5.41, 5.74) is 5.10. The molecule has 0 radical (unpaired) electrons. The zero-order chi connectivity index (χ0) is 26.5. The number of hydrogen-bond donors (Lipinski definition) is 0. The summed E-state index contributed by atoms with van der Waals surface area (Å²) in [6.07, 6.45) is 2.50. The Morgan fingerprint density at radius 1 is 0.921 bits per heavy atom. The molecule has 1 aliphatic heterocycles. The van der Waals surface area contributed by atoms with Crippen molar-refractivity contribution in [2.45, 2.75) is 31.7 Å². The number of carbonyl (C=O) groups excluding carboxylic acids is 2. The fraction of sp³-hybridized carbons (Fsp3) is 0.200. The number of carboxylic acid groups (broad SMARTS) is 1. The van der Waals surface area contributed by atoms with Crippen molar-refractivity contribution in [3.8, 4) is 22.7 Å². The highest BCUT2D eigenvalue weighted by atomic mass is 16.5. The topological polar surface area (TPSA) is 99.9 Å². The second-order valence-electron chi connectivity index (χ2n) is 9.04. The lowest BCUT2D eigenvalue weighted by molar-refractivity contribution is -0.305. The molecule has 192 valence electrons. The molecule has 0 saturated heterocycles. The molecule has 0 bridgehead atoms. The molecule has 38 heavy (non-hydrogen) atoms. The summed E-state index contributed by atoms with van der Waals surface area (Å²) in [6, 6.07) is 26.8. The first kappa shape index (κ1) is 25.0. The van der Waals surface area contributed by atoms with Crippen LogP contribution in [0.1, 0.15) is 42.9 Å². The summed E-state index contributed by atoms with van der Waals surface area (Å²) in [6.45, 7) is 0. The predicted octanol–water partition coefficient (Wildman–Crippen LogP) is 4.15. The Balaban J connectivity index is 1.56. The number of carboxylic acids is 1. The summed E-state index contributed by atoms with van der Waals surface area (Å²) in [7, 11) is 1.61. The Kier molecular flexibility index (Phi) is 7.31. The summed E-state index contributed by atoms with van der Waals surface area (Å²) in [5, 5.41) is 22.1. The van der Waals surface area contributed by atoms with E-state index < -0.39 is 12.0 Å². The Morgan fingerprint density at radius 2 is 1.61 bits per heavy atom. The number of rotatable bonds is 9. The van der Waals surface area contributed by atoms with Gasteiger partial charge in [0.25, 0.3) is 0 Å². The van der Waals surface area contributed by atoms with Crippen LogP contribution in [-0.2, 0) is 9.59 Å². The normalized spacial score (nSPS) is 14.8. The number of para-hydroxylation sites is 1. The highest BCUT2D eigenvalue weighted by Crippen LogP contribution is 2.39. The lowest BCUT2D eigenvalue weighted by atomic mass is 9.96. The second kappa shape index (κ2) is 11.1. The van der Waals surface area contributed by atoms with Gasteiger partial charge in [-0.05, 0) is 54.8 Å². The van der Waals surface area contributed by atoms with Crippen LogP contribution in [0.15, 0.2) is 96.2 Å². The van der Waals surface area contributed by atoms with Crippen LogP contribution in [0.3, 0.4) is 0 Å². The zero-order valence-electron chi connectivity index (χ0n) is 21.0. The van der Waals surface area contributed by atoms with E-state index in [9.17, 15) is 14.7 Å². The van der Waals surface area contributed by atoms with Gasteiger partial charge < -0.3 is 14.6 Å². The first-order valence-corrected chi connectivity index (χ1v) is 12.5. The van der Waals surface area contributed by atoms with Crippen molar-refractivity contribution < 1.29 is 19.4 Å². The lowest BCUT2D eigenvalue weighted by Gasteiger charge is -2.22. The van der Waals surface area contributed by atoms with Gasteiger partial charge in [-0.1, -0.05) is 48.5 Å². The largest absolute Gasteiger partial charge is 0.550 e. The van der Waals surface area contributed by atoms with E-state index in [1.54, 1.807) is 7.11 Å². The number of carbonyl (C=O) groups is 2. The van der Waals surface area contributed by atoms with Crippen molar-refractivity contribution in [2.75, 3.05) is 7.11 Å². The average Bonchev–Trinajstić information content (AvgIpc) is 3.59. The van der Waals surface area contributed by atoms with Crippen molar-refractivity contribution in [2.24, 2.45) is 5.10 Å². The fourth-order valence-electron chi connectivity index (χ4n) is 4.60. The molecule has 0 aliphatic carbocycles. The van der Waals surface area contributed by atoms with Crippen LogP contribution in [-0.4, -0.2) is 39.5 Å². The molecule has 4 aromatic rings. The number of ether oxygens (including phenoxy) is 1. The van der Waals surface area contributed by atoms with E-state index in [1.807, 2.05) is 95.8 Å². The predicted molar refractivity (Wildman–Crippen MR) is 142 cm³/mol. The molecule has 5 rings (SSSR count). The summed E-state index contributed by atoms with van der Waals surface area (Å²) >= 11 is 0. The monoisotopic (exact) mass is 507 g/mol. The van der Waals surface area contributed by atoms with Gasteiger partial charge >= 0.3 is 0 Å². The van der Waals surface area contributed by atoms with Crippen LogP contribution >= 0.6 is 0 Å². The Hall–Kier alpha value is -4.72. The van der Waals surface area contributed by atoms with Gasteiger partial charge in [0.15, 0.2) is 0 Å². The van der Waals surface area contributed by atoms with Crippen LogP contribution in [0.2, 0.25) is 0 Å². The van der Waals surface area contributed by atoms with Crippen molar-refractivity contribution in [3.05, 3.63) is 102 Å². The van der Waals surface area contributed by atoms with Gasteiger partial charge in [-0.3, -0.25) is 4.79 Å². The van der Waals surface area contributed by atoms with Crippen LogP contribution in [0.4, 0.5) is 0 Å². The smallest absolute Gasteiger partial charge is 0.243 e. The number of aromatic nitrogens is 2. The minimum atomic E-state index is -1.17. The fourth-order valence-corrected chi connectivity index (χ4v) is 4.60. The third kappa shape index (κ3) is 5.34. The number of methoxy groups -OCH3 is 1. The minimum Gasteiger partial charge on any atom is -0.550 e. The number of nitrogens with zero attached hydrogens (tertiary/aromatic N) is 4. The van der Waals surface area contributed by atoms with Crippen LogP contribution in [0.5, 0.6) is 5.75 Å². The molecular weight excluding hydrogens is 480 g/mol. The van der Waals surface area contributed by atoms with Crippen molar-refractivity contribution >= 4 is 17.6 Å². The molecular formula is C30H27N4O4-. The average molecular weight is 508 g/mol. The SMILES string of the molecule is COc1ccc(C2=NN(C(=O)CCCC(=O)[O-])[C@@H](c3cn(-c4ccccc4)nc3-c3ccccc3)C2)cc1. The molecule has 1 aliphatic rings. The van der Waals surface area contributed by atoms with E-state index in [4.69, 9.17) is 14.9 Å². The van der Waals surface area contributed by atoms with Crippen LogP contribution in [0, 0.1) is 0 Å². The maximum absolute atomic E-state index is 13.4. The van der Waals surface area contributed by atoms with Crippen LogP contribution in [0.25, 0.3) is 16.9 Å². The molecule has 2 heterocycles. The molecule has 3 aromatic carbocycles. The maximum atomic E-state index is 13.4. The molecule has 0 spiro atoms. The van der Waals surface area contributed by atoms with E-state index in [-0.39, 0.29) is 25.2 Å². The van der Waals surface area contributed by atoms with Crippen LogP contribution < -0.4 is 9.84 Å². The summed E-state index contributed by atoms with van der Waals surface area (Å²) in [5.74, 6) is -0.686. The number of amides is 1. The van der Waals surface area contributed by atoms with E-state index >= 15 is 0 Å². The second-order valence-corrected chi connectivity index (χ2v) is 9.04. The van der Waals surface area contributed by atoms with Gasteiger partial charge in [0.1, 0.15) is 5.75 Å². The molecule has 8 nitrogen and oxygen atoms in total. The Labute approximate surface area is 220 Å². The summed E-state index contributed by atoms with van der Waals surface area (Å²) in [4.78, 5) is 24.3. The molecule has 8 heteroatoms. The Bertz CT molecular complexity index is 1450. The number of hydrazone groups is 1. The Morgan fingerprint density at radius 3 is 2.26 bits per heavy atom. The lowest BCUT2D eigenvalue weighted by Crippen LogP contribution is -2.28. The van der Waals surface area contributed by atoms with Gasteiger partial charge in [-0.2, -0.15) is 10.2 Å². The van der Waals surface area contributed by atoms with E-state index in [2.05, 4.69) is 0 Å². The van der Waals surface area contributed by atoms with Crippen molar-refractivity contribution in [3.63, 3.8) is 0 Å². The molecule has 1 amide bonds. The molecule has 1 aromatic heterocycles. The third-order valence-electron chi connectivity index (χ3n) is 6.53. The molecule has 0 fully saturated rings. The molecule has 1 atom stereocenters. The number of aliphatic carboxylic acids is 1. The quantitative estimate of drug-likeness (QED) is 0.339. The molecule has 0 unspecified atom stereocenters. The highest BCUT2D eigenvalue weighted by molar-refractivity contribution is 6.03. The zero-order valence-corrected chi connectivity index (χ0v) is 21.0. The maximum Gasteiger partial charge on any atom is 0.243 e.